The van der Waals surface area contributed by atoms with Crippen molar-refractivity contribution >= 4 is 23.1 Å². The van der Waals surface area contributed by atoms with Gasteiger partial charge in [-0.05, 0) is 44.0 Å². The van der Waals surface area contributed by atoms with Crippen molar-refractivity contribution in [3.05, 3.63) is 51.7 Å². The fourth-order valence-electron chi connectivity index (χ4n) is 5.59. The molecule has 0 radical (unpaired) electrons. The van der Waals surface area contributed by atoms with Gasteiger partial charge in [0.25, 0.3) is 0 Å². The third kappa shape index (κ3) is 5.98. The number of unbranched alkanes of at least 4 members (excludes halogenated alkanes) is 4. The van der Waals surface area contributed by atoms with Crippen LogP contribution in [0, 0.1) is 24.5 Å². The van der Waals surface area contributed by atoms with Crippen LogP contribution < -0.4 is 4.90 Å². The van der Waals surface area contributed by atoms with Gasteiger partial charge in [0.2, 0.25) is 0 Å². The number of thiophene rings is 1. The van der Waals surface area contributed by atoms with Crippen LogP contribution in [0.15, 0.2) is 30.3 Å². The van der Waals surface area contributed by atoms with Crippen molar-refractivity contribution in [2.24, 2.45) is 5.92 Å². The minimum absolute atomic E-state index is 0.0542. The minimum Gasteiger partial charge on any atom is -0.440 e. The molecule has 186 valence electrons. The molecule has 5 rings (SSSR count). The van der Waals surface area contributed by atoms with E-state index in [-0.39, 0.29) is 18.3 Å². The third-order valence-corrected chi connectivity index (χ3v) is 8.55. The summed E-state index contributed by atoms with van der Waals surface area (Å²) < 4.78 is 35.4. The second-order valence-corrected chi connectivity index (χ2v) is 11.4. The molecule has 0 aliphatic carbocycles. The largest absolute Gasteiger partial charge is 0.440 e. The SMILES string of the molecule is CCCCCCC[N+]12CCC(CC1)[C@@H](OC(=O)N(Cc1ccc(C)s1)c1ccc(F)cc1F)C2. The number of piperidine rings is 3. The number of halogens is 2. The lowest BCUT2D eigenvalue weighted by molar-refractivity contribution is -0.946. The number of carbonyl (C=O) groups is 1. The maximum atomic E-state index is 14.7. The van der Waals surface area contributed by atoms with E-state index in [9.17, 15) is 13.6 Å². The molecule has 0 N–H and O–H groups in total. The molecule has 0 unspecified atom stereocenters. The first-order valence-corrected chi connectivity index (χ1v) is 13.5. The van der Waals surface area contributed by atoms with Crippen LogP contribution in [0.4, 0.5) is 19.3 Å². The maximum Gasteiger partial charge on any atom is 0.415 e. The highest BCUT2D eigenvalue weighted by atomic mass is 32.1. The average Bonchev–Trinajstić information content (AvgIpc) is 3.23. The van der Waals surface area contributed by atoms with E-state index in [0.717, 1.165) is 59.3 Å². The second-order valence-electron chi connectivity index (χ2n) is 10.1. The fourth-order valence-corrected chi connectivity index (χ4v) is 6.47. The number of amides is 1. The topological polar surface area (TPSA) is 29.5 Å². The molecular formula is C27H37F2N2O2S+. The minimum atomic E-state index is -0.755. The van der Waals surface area contributed by atoms with Crippen molar-refractivity contribution in [3.63, 3.8) is 0 Å². The lowest BCUT2D eigenvalue weighted by Crippen LogP contribution is -2.65. The number of ether oxygens (including phenoxy) is 1. The summed E-state index contributed by atoms with van der Waals surface area (Å²) in [6.45, 7) is 8.76. The predicted octanol–water partition coefficient (Wildman–Crippen LogP) is 7.06. The Balaban J connectivity index is 1.46. The molecular weight excluding hydrogens is 454 g/mol. The van der Waals surface area contributed by atoms with Gasteiger partial charge in [-0.3, -0.25) is 4.90 Å². The summed E-state index contributed by atoms with van der Waals surface area (Å²) in [4.78, 5) is 16.8. The highest BCUT2D eigenvalue weighted by molar-refractivity contribution is 7.11. The zero-order valence-electron chi connectivity index (χ0n) is 20.4. The number of hydrogen-bond acceptors (Lipinski definition) is 3. The van der Waals surface area contributed by atoms with Gasteiger partial charge in [0.1, 0.15) is 18.2 Å². The van der Waals surface area contributed by atoms with Crippen molar-refractivity contribution in [1.29, 1.82) is 0 Å². The number of nitrogens with zero attached hydrogens (tertiary/aromatic N) is 2. The highest BCUT2D eigenvalue weighted by Gasteiger charge is 2.47. The molecule has 4 heterocycles. The van der Waals surface area contributed by atoms with Gasteiger partial charge in [0.05, 0.1) is 31.9 Å². The van der Waals surface area contributed by atoms with Crippen molar-refractivity contribution < 1.29 is 22.8 Å². The molecule has 1 aromatic carbocycles. The van der Waals surface area contributed by atoms with Crippen LogP contribution in [0.1, 0.15) is 61.6 Å². The maximum absolute atomic E-state index is 14.7. The van der Waals surface area contributed by atoms with E-state index < -0.39 is 17.7 Å². The zero-order chi connectivity index (χ0) is 24.1. The average molecular weight is 492 g/mol. The molecule has 3 aliphatic rings. The Kier molecular flexibility index (Phi) is 8.25. The number of rotatable bonds is 10. The van der Waals surface area contributed by atoms with Gasteiger partial charge < -0.3 is 9.22 Å². The van der Waals surface area contributed by atoms with Gasteiger partial charge in [0, 0.05) is 34.6 Å². The van der Waals surface area contributed by atoms with Gasteiger partial charge in [-0.25, -0.2) is 13.6 Å². The second kappa shape index (κ2) is 11.2. The van der Waals surface area contributed by atoms with E-state index in [4.69, 9.17) is 4.74 Å². The van der Waals surface area contributed by atoms with Crippen LogP contribution in [0.5, 0.6) is 0 Å². The lowest BCUT2D eigenvalue weighted by Gasteiger charge is -2.52. The monoisotopic (exact) mass is 491 g/mol. The number of quaternary nitrogens is 1. The van der Waals surface area contributed by atoms with Crippen molar-refractivity contribution in [2.45, 2.75) is 71.4 Å². The summed E-state index contributed by atoms with van der Waals surface area (Å²) in [5.41, 5.74) is 0.0542. The Morgan fingerprint density at radius 1 is 1.12 bits per heavy atom. The molecule has 3 fully saturated rings. The molecule has 1 aromatic heterocycles. The normalized spacial score (nSPS) is 23.8. The Bertz CT molecular complexity index is 971. The summed E-state index contributed by atoms with van der Waals surface area (Å²) in [6, 6.07) is 7.25. The molecule has 3 saturated heterocycles. The van der Waals surface area contributed by atoms with E-state index in [1.165, 1.54) is 49.1 Å². The fraction of sp³-hybridized carbons (Fsp3) is 0.593. The quantitative estimate of drug-likeness (QED) is 0.263. The Morgan fingerprint density at radius 3 is 2.56 bits per heavy atom. The van der Waals surface area contributed by atoms with Gasteiger partial charge in [0.15, 0.2) is 6.10 Å². The lowest BCUT2D eigenvalue weighted by atomic mass is 9.83. The van der Waals surface area contributed by atoms with Gasteiger partial charge in [-0.1, -0.05) is 26.2 Å². The number of fused-ring (bicyclic) bond motifs is 3. The molecule has 4 nitrogen and oxygen atoms in total. The van der Waals surface area contributed by atoms with Gasteiger partial charge in [-0.2, -0.15) is 0 Å². The Morgan fingerprint density at radius 2 is 1.88 bits per heavy atom. The van der Waals surface area contributed by atoms with E-state index in [2.05, 4.69) is 6.92 Å². The van der Waals surface area contributed by atoms with Crippen LogP contribution in [-0.4, -0.2) is 42.9 Å². The van der Waals surface area contributed by atoms with Crippen molar-refractivity contribution in [3.8, 4) is 0 Å². The zero-order valence-corrected chi connectivity index (χ0v) is 21.2. The van der Waals surface area contributed by atoms with E-state index in [1.54, 1.807) is 11.3 Å². The van der Waals surface area contributed by atoms with Crippen LogP contribution in [0.3, 0.4) is 0 Å². The molecule has 1 amide bonds. The first kappa shape index (κ1) is 25.1. The number of anilines is 1. The number of benzene rings is 1. The number of hydrogen-bond donors (Lipinski definition) is 0. The molecule has 3 aliphatic heterocycles. The molecule has 2 aromatic rings. The first-order valence-electron chi connectivity index (χ1n) is 12.7. The summed E-state index contributed by atoms with van der Waals surface area (Å²) in [7, 11) is 0. The summed E-state index contributed by atoms with van der Waals surface area (Å²) in [5.74, 6) is -1.05. The van der Waals surface area contributed by atoms with Crippen molar-refractivity contribution in [2.75, 3.05) is 31.1 Å². The standard InChI is InChI=1S/C27H37F2N2O2S/c1-3-4-5-6-7-14-31-15-12-21(13-16-31)26(19-31)33-27(32)30(18-23-10-8-20(2)34-23)25-11-9-22(28)17-24(25)29/h8-11,17,21,26H,3-7,12-16,18-19H2,1-2H3/q+1/t21?,26-,31?/m0/s1. The summed E-state index contributed by atoms with van der Waals surface area (Å²) in [5, 5.41) is 0. The number of aryl methyl sites for hydroxylation is 1. The first-order chi connectivity index (χ1) is 16.4. The van der Waals surface area contributed by atoms with E-state index in [1.807, 2.05) is 19.1 Å². The highest BCUT2D eigenvalue weighted by Crippen LogP contribution is 2.37. The van der Waals surface area contributed by atoms with Crippen molar-refractivity contribution in [1.82, 2.24) is 0 Å². The smallest absolute Gasteiger partial charge is 0.415 e. The van der Waals surface area contributed by atoms with Crippen LogP contribution >= 0.6 is 11.3 Å². The van der Waals surface area contributed by atoms with Crippen LogP contribution in [-0.2, 0) is 11.3 Å². The van der Waals surface area contributed by atoms with E-state index in [0.29, 0.717) is 5.92 Å². The molecule has 0 saturated carbocycles. The van der Waals surface area contributed by atoms with Crippen LogP contribution in [0.2, 0.25) is 0 Å². The molecule has 7 heteroatoms. The summed E-state index contributed by atoms with van der Waals surface area (Å²) >= 11 is 1.56. The third-order valence-electron chi connectivity index (χ3n) is 7.56. The Hall–Kier alpha value is -1.99. The Labute approximate surface area is 206 Å². The number of carbonyl (C=O) groups excluding carboxylic acids is 1. The summed E-state index contributed by atoms with van der Waals surface area (Å²) in [6.07, 6.45) is 7.76. The molecule has 1 atom stereocenters. The molecule has 34 heavy (non-hydrogen) atoms. The molecule has 0 spiro atoms. The van der Waals surface area contributed by atoms with E-state index >= 15 is 0 Å². The molecule has 2 bridgehead atoms. The van der Waals surface area contributed by atoms with Crippen LogP contribution in [0.25, 0.3) is 0 Å². The van der Waals surface area contributed by atoms with Gasteiger partial charge in [-0.15, -0.1) is 11.3 Å². The van der Waals surface area contributed by atoms with Gasteiger partial charge >= 0.3 is 6.09 Å². The predicted molar refractivity (Wildman–Crippen MR) is 133 cm³/mol.